The Balaban J connectivity index is 1.84. The van der Waals surface area contributed by atoms with E-state index >= 15 is 0 Å². The molecule has 3 heteroatoms. The first kappa shape index (κ1) is 12.1. The van der Waals surface area contributed by atoms with Crippen LogP contribution in [0.15, 0.2) is 0 Å². The van der Waals surface area contributed by atoms with Gasteiger partial charge in [-0.2, -0.15) is 0 Å². The Labute approximate surface area is 102 Å². The maximum absolute atomic E-state index is 4.58. The van der Waals surface area contributed by atoms with Gasteiger partial charge in [-0.15, -0.1) is 11.3 Å². The van der Waals surface area contributed by atoms with Crippen molar-refractivity contribution in [2.45, 2.75) is 59.0 Å². The molecule has 1 aliphatic rings. The van der Waals surface area contributed by atoms with Gasteiger partial charge in [-0.05, 0) is 39.0 Å². The van der Waals surface area contributed by atoms with Crippen LogP contribution in [0.3, 0.4) is 0 Å². The molecule has 0 saturated heterocycles. The number of thiazole rings is 1. The molecule has 2 rings (SSSR count). The van der Waals surface area contributed by atoms with Crippen LogP contribution in [-0.4, -0.2) is 11.0 Å². The summed E-state index contributed by atoms with van der Waals surface area (Å²) in [7, 11) is 0. The van der Waals surface area contributed by atoms with E-state index in [0.717, 1.165) is 18.5 Å². The minimum Gasteiger partial charge on any atom is -0.307 e. The molecular formula is C13H22N2S. The second kappa shape index (κ2) is 5.28. The SMILES string of the molecule is CCCC(NCc1nc(C)c(C)s1)C1CC1. The second-order valence-electron chi connectivity index (χ2n) is 4.86. The van der Waals surface area contributed by atoms with E-state index in [-0.39, 0.29) is 0 Å². The molecule has 1 aromatic rings. The molecule has 1 N–H and O–H groups in total. The van der Waals surface area contributed by atoms with Crippen LogP contribution >= 0.6 is 11.3 Å². The monoisotopic (exact) mass is 238 g/mol. The van der Waals surface area contributed by atoms with Gasteiger partial charge in [-0.25, -0.2) is 4.98 Å². The molecule has 0 aliphatic heterocycles. The summed E-state index contributed by atoms with van der Waals surface area (Å²) >= 11 is 1.83. The molecule has 1 fully saturated rings. The van der Waals surface area contributed by atoms with Gasteiger partial charge in [0.25, 0.3) is 0 Å². The van der Waals surface area contributed by atoms with Crippen LogP contribution in [0.1, 0.15) is 48.2 Å². The summed E-state index contributed by atoms with van der Waals surface area (Å²) in [5.74, 6) is 0.946. The molecule has 1 aliphatic carbocycles. The zero-order valence-corrected chi connectivity index (χ0v) is 11.4. The van der Waals surface area contributed by atoms with Gasteiger partial charge in [0.1, 0.15) is 5.01 Å². The van der Waals surface area contributed by atoms with E-state index in [9.17, 15) is 0 Å². The summed E-state index contributed by atoms with van der Waals surface area (Å²) < 4.78 is 0. The minimum atomic E-state index is 0.731. The fraction of sp³-hybridized carbons (Fsp3) is 0.769. The highest BCUT2D eigenvalue weighted by molar-refractivity contribution is 7.11. The van der Waals surface area contributed by atoms with Crippen molar-refractivity contribution in [2.24, 2.45) is 5.92 Å². The molecule has 0 spiro atoms. The third-order valence-electron chi connectivity index (χ3n) is 3.38. The standard InChI is InChI=1S/C13H22N2S/c1-4-5-12(11-6-7-11)14-8-13-15-9(2)10(3)16-13/h11-12,14H,4-8H2,1-3H3. The highest BCUT2D eigenvalue weighted by Gasteiger charge is 2.30. The van der Waals surface area contributed by atoms with Gasteiger partial charge in [0, 0.05) is 17.5 Å². The summed E-state index contributed by atoms with van der Waals surface area (Å²) in [6.07, 6.45) is 5.44. The van der Waals surface area contributed by atoms with Crippen LogP contribution in [0.2, 0.25) is 0 Å². The van der Waals surface area contributed by atoms with E-state index in [1.54, 1.807) is 0 Å². The molecular weight excluding hydrogens is 216 g/mol. The van der Waals surface area contributed by atoms with Gasteiger partial charge in [-0.3, -0.25) is 0 Å². The van der Waals surface area contributed by atoms with Gasteiger partial charge in [0.05, 0.1) is 5.69 Å². The molecule has 1 unspecified atom stereocenters. The van der Waals surface area contributed by atoms with Crippen molar-refractivity contribution < 1.29 is 0 Å². The molecule has 16 heavy (non-hydrogen) atoms. The Morgan fingerprint density at radius 2 is 2.19 bits per heavy atom. The maximum atomic E-state index is 4.58. The van der Waals surface area contributed by atoms with Crippen molar-refractivity contribution in [1.29, 1.82) is 0 Å². The van der Waals surface area contributed by atoms with Crippen LogP contribution in [0.5, 0.6) is 0 Å². The highest BCUT2D eigenvalue weighted by Crippen LogP contribution is 2.34. The van der Waals surface area contributed by atoms with E-state index in [4.69, 9.17) is 0 Å². The molecule has 0 aromatic carbocycles. The van der Waals surface area contributed by atoms with E-state index in [1.165, 1.54) is 41.3 Å². The Hall–Kier alpha value is -0.410. The van der Waals surface area contributed by atoms with Gasteiger partial charge in [-0.1, -0.05) is 13.3 Å². The van der Waals surface area contributed by atoms with Crippen molar-refractivity contribution in [1.82, 2.24) is 10.3 Å². The lowest BCUT2D eigenvalue weighted by molar-refractivity contribution is 0.429. The van der Waals surface area contributed by atoms with Crippen LogP contribution in [-0.2, 0) is 6.54 Å². The average Bonchev–Trinajstić information content (AvgIpc) is 3.02. The Kier molecular flexibility index (Phi) is 3.98. The molecule has 1 atom stereocenters. The number of nitrogens with zero attached hydrogens (tertiary/aromatic N) is 1. The van der Waals surface area contributed by atoms with Crippen molar-refractivity contribution >= 4 is 11.3 Å². The summed E-state index contributed by atoms with van der Waals surface area (Å²) in [5.41, 5.74) is 1.19. The lowest BCUT2D eigenvalue weighted by Crippen LogP contribution is -2.30. The first-order valence-corrected chi connectivity index (χ1v) is 7.18. The number of nitrogens with one attached hydrogen (secondary N) is 1. The van der Waals surface area contributed by atoms with E-state index in [1.807, 2.05) is 11.3 Å². The Bertz CT molecular complexity index is 322. The van der Waals surface area contributed by atoms with Crippen LogP contribution in [0.25, 0.3) is 0 Å². The lowest BCUT2D eigenvalue weighted by atomic mass is 10.1. The third kappa shape index (κ3) is 3.05. The van der Waals surface area contributed by atoms with Crippen molar-refractivity contribution in [2.75, 3.05) is 0 Å². The quantitative estimate of drug-likeness (QED) is 0.821. The zero-order chi connectivity index (χ0) is 11.5. The molecule has 0 radical (unpaired) electrons. The molecule has 0 bridgehead atoms. The number of aryl methyl sites for hydroxylation is 2. The second-order valence-corrected chi connectivity index (χ2v) is 6.15. The fourth-order valence-electron chi connectivity index (χ4n) is 2.15. The average molecular weight is 238 g/mol. The smallest absolute Gasteiger partial charge is 0.107 e. The lowest BCUT2D eigenvalue weighted by Gasteiger charge is -2.16. The molecule has 90 valence electrons. The van der Waals surface area contributed by atoms with Gasteiger partial charge < -0.3 is 5.32 Å². The topological polar surface area (TPSA) is 24.9 Å². The van der Waals surface area contributed by atoms with Crippen molar-refractivity contribution in [3.8, 4) is 0 Å². The first-order valence-electron chi connectivity index (χ1n) is 6.37. The number of hydrogen-bond donors (Lipinski definition) is 1. The molecule has 0 amide bonds. The molecule has 2 nitrogen and oxygen atoms in total. The Morgan fingerprint density at radius 1 is 1.44 bits per heavy atom. The summed E-state index contributed by atoms with van der Waals surface area (Å²) in [6.45, 7) is 7.48. The molecule has 1 saturated carbocycles. The van der Waals surface area contributed by atoms with E-state index < -0.39 is 0 Å². The van der Waals surface area contributed by atoms with Crippen LogP contribution < -0.4 is 5.32 Å². The third-order valence-corrected chi connectivity index (χ3v) is 4.45. The van der Waals surface area contributed by atoms with Gasteiger partial charge in [0.15, 0.2) is 0 Å². The minimum absolute atomic E-state index is 0.731. The van der Waals surface area contributed by atoms with Crippen molar-refractivity contribution in [3.05, 3.63) is 15.6 Å². The zero-order valence-electron chi connectivity index (χ0n) is 10.5. The van der Waals surface area contributed by atoms with Gasteiger partial charge in [0.2, 0.25) is 0 Å². The van der Waals surface area contributed by atoms with Crippen molar-refractivity contribution in [3.63, 3.8) is 0 Å². The fourth-order valence-corrected chi connectivity index (χ4v) is 3.03. The number of aromatic nitrogens is 1. The summed E-state index contributed by atoms with van der Waals surface area (Å²) in [6, 6.07) is 0.731. The largest absolute Gasteiger partial charge is 0.307 e. The first-order chi connectivity index (χ1) is 7.70. The Morgan fingerprint density at radius 3 is 2.69 bits per heavy atom. The summed E-state index contributed by atoms with van der Waals surface area (Å²) in [4.78, 5) is 5.93. The number of hydrogen-bond acceptors (Lipinski definition) is 3. The van der Waals surface area contributed by atoms with Gasteiger partial charge >= 0.3 is 0 Å². The summed E-state index contributed by atoms with van der Waals surface area (Å²) in [5, 5.41) is 4.93. The molecule has 1 heterocycles. The number of rotatable bonds is 6. The predicted octanol–water partition coefficient (Wildman–Crippen LogP) is 3.43. The van der Waals surface area contributed by atoms with Crippen LogP contribution in [0.4, 0.5) is 0 Å². The molecule has 1 aromatic heterocycles. The van der Waals surface area contributed by atoms with Crippen LogP contribution in [0, 0.1) is 19.8 Å². The highest BCUT2D eigenvalue weighted by atomic mass is 32.1. The normalized spacial score (nSPS) is 17.7. The van der Waals surface area contributed by atoms with E-state index in [2.05, 4.69) is 31.1 Å². The predicted molar refractivity (Wildman–Crippen MR) is 69.8 cm³/mol. The maximum Gasteiger partial charge on any atom is 0.107 e. The van der Waals surface area contributed by atoms with E-state index in [0.29, 0.717) is 0 Å².